The average Bonchev–Trinajstić information content (AvgIpc) is 3.02. The summed E-state index contributed by atoms with van der Waals surface area (Å²) in [4.78, 5) is 28.6. The van der Waals surface area contributed by atoms with Gasteiger partial charge in [0.15, 0.2) is 0 Å². The van der Waals surface area contributed by atoms with Crippen LogP contribution in [0, 0.1) is 0 Å². The minimum atomic E-state index is -0.592. The highest BCUT2D eigenvalue weighted by molar-refractivity contribution is 8.16. The van der Waals surface area contributed by atoms with E-state index in [1.54, 1.807) is 30.3 Å². The van der Waals surface area contributed by atoms with Crippen LogP contribution >= 0.6 is 11.8 Å². The molecule has 2 aromatic carbocycles. The maximum absolute atomic E-state index is 12.4. The topological polar surface area (TPSA) is 97.2 Å². The minimum Gasteiger partial charge on any atom is -0.508 e. The summed E-state index contributed by atoms with van der Waals surface area (Å²) in [5.74, 6) is 0.535. The number of nitrogens with zero attached hydrogens (tertiary/aromatic N) is 1. The Bertz CT molecular complexity index is 895. The average molecular weight is 386 g/mol. The van der Waals surface area contributed by atoms with Crippen LogP contribution in [0.25, 0.3) is 0 Å². The number of aliphatic imine (C=N–C) groups is 1. The molecule has 1 aliphatic rings. The molecule has 0 saturated heterocycles. The second-order valence-corrected chi connectivity index (χ2v) is 6.92. The fraction of sp³-hybridized carbons (Fsp3) is 0.211. The van der Waals surface area contributed by atoms with Crippen LogP contribution in [0.2, 0.25) is 0 Å². The lowest BCUT2D eigenvalue weighted by atomic mass is 10.2. The number of ether oxygens (including phenoxy) is 2. The van der Waals surface area contributed by atoms with Gasteiger partial charge in [0.25, 0.3) is 5.91 Å². The van der Waals surface area contributed by atoms with E-state index in [1.165, 1.54) is 38.1 Å². The summed E-state index contributed by atoms with van der Waals surface area (Å²) in [6.45, 7) is 0. The van der Waals surface area contributed by atoms with Gasteiger partial charge in [0.05, 0.1) is 19.9 Å². The second-order valence-electron chi connectivity index (χ2n) is 5.73. The largest absolute Gasteiger partial charge is 0.508 e. The van der Waals surface area contributed by atoms with E-state index in [1.807, 2.05) is 0 Å². The molecule has 140 valence electrons. The van der Waals surface area contributed by atoms with Crippen molar-refractivity contribution in [2.24, 2.45) is 4.99 Å². The highest BCUT2D eigenvalue weighted by Crippen LogP contribution is 2.32. The highest BCUT2D eigenvalue weighted by Gasteiger charge is 2.31. The molecular weight excluding hydrogens is 368 g/mol. The van der Waals surface area contributed by atoms with E-state index >= 15 is 0 Å². The molecule has 2 aromatic rings. The van der Waals surface area contributed by atoms with E-state index < -0.39 is 5.25 Å². The molecule has 8 heteroatoms. The number of rotatable bonds is 6. The number of phenols is 1. The molecule has 0 unspecified atom stereocenters. The van der Waals surface area contributed by atoms with Gasteiger partial charge >= 0.3 is 0 Å². The highest BCUT2D eigenvalue weighted by atomic mass is 32.2. The van der Waals surface area contributed by atoms with Gasteiger partial charge in [-0.1, -0.05) is 11.8 Å². The fourth-order valence-corrected chi connectivity index (χ4v) is 3.60. The lowest BCUT2D eigenvalue weighted by molar-refractivity contribution is -0.121. The number of phenolic OH excluding ortho intramolecular Hbond substituents is 1. The summed E-state index contributed by atoms with van der Waals surface area (Å²) < 4.78 is 10.4. The van der Waals surface area contributed by atoms with Crippen molar-refractivity contribution in [2.45, 2.75) is 11.7 Å². The molecule has 1 aliphatic heterocycles. The number of carbonyl (C=O) groups is 2. The monoisotopic (exact) mass is 386 g/mol. The van der Waals surface area contributed by atoms with Crippen molar-refractivity contribution in [2.75, 3.05) is 19.5 Å². The normalized spacial score (nSPS) is 16.0. The number of hydrogen-bond donors (Lipinski definition) is 2. The van der Waals surface area contributed by atoms with Crippen molar-refractivity contribution < 1.29 is 24.2 Å². The lowest BCUT2D eigenvalue weighted by Crippen LogP contribution is -2.21. The van der Waals surface area contributed by atoms with E-state index in [-0.39, 0.29) is 24.0 Å². The van der Waals surface area contributed by atoms with E-state index in [0.29, 0.717) is 22.2 Å². The number of amides is 2. The number of thioether (sulfide) groups is 1. The number of carbonyl (C=O) groups excluding carboxylic acids is 2. The third-order valence-electron chi connectivity index (χ3n) is 3.91. The molecule has 27 heavy (non-hydrogen) atoms. The SMILES string of the molecule is COc1ccc(OC)c(NC(=O)C[C@H]2SC(c3ccc(O)cc3)=NC2=O)c1. The fourth-order valence-electron chi connectivity index (χ4n) is 2.53. The molecule has 3 rings (SSSR count). The molecular formula is C19H18N2O5S. The molecule has 0 radical (unpaired) electrons. The Balaban J connectivity index is 1.65. The molecule has 1 atom stereocenters. The van der Waals surface area contributed by atoms with Crippen LogP contribution in [0.15, 0.2) is 47.5 Å². The first-order valence-electron chi connectivity index (χ1n) is 8.10. The van der Waals surface area contributed by atoms with Gasteiger partial charge in [-0.15, -0.1) is 0 Å². The van der Waals surface area contributed by atoms with Gasteiger partial charge in [-0.3, -0.25) is 9.59 Å². The smallest absolute Gasteiger partial charge is 0.260 e. The van der Waals surface area contributed by atoms with Gasteiger partial charge in [0.1, 0.15) is 27.5 Å². The predicted octanol–water partition coefficient (Wildman–Crippen LogP) is 2.83. The number of aromatic hydroxyl groups is 1. The number of anilines is 1. The summed E-state index contributed by atoms with van der Waals surface area (Å²) >= 11 is 1.24. The Morgan fingerprint density at radius 2 is 1.93 bits per heavy atom. The van der Waals surface area contributed by atoms with Gasteiger partial charge < -0.3 is 19.9 Å². The number of hydrogen-bond acceptors (Lipinski definition) is 6. The molecule has 7 nitrogen and oxygen atoms in total. The summed E-state index contributed by atoms with van der Waals surface area (Å²) in [7, 11) is 3.04. The summed E-state index contributed by atoms with van der Waals surface area (Å²) in [5.41, 5.74) is 1.19. The Labute approximate surface area is 160 Å². The molecule has 0 aliphatic carbocycles. The molecule has 0 fully saturated rings. The van der Waals surface area contributed by atoms with Crippen LogP contribution in [0.4, 0.5) is 5.69 Å². The first-order valence-corrected chi connectivity index (χ1v) is 8.98. The van der Waals surface area contributed by atoms with Gasteiger partial charge in [-0.2, -0.15) is 0 Å². The number of methoxy groups -OCH3 is 2. The predicted molar refractivity (Wildman–Crippen MR) is 104 cm³/mol. The summed E-state index contributed by atoms with van der Waals surface area (Å²) in [6, 6.07) is 11.5. The summed E-state index contributed by atoms with van der Waals surface area (Å²) in [6.07, 6.45) is -0.0189. The Morgan fingerprint density at radius 1 is 1.19 bits per heavy atom. The number of benzene rings is 2. The molecule has 2 amide bonds. The molecule has 0 bridgehead atoms. The van der Waals surface area contributed by atoms with E-state index in [9.17, 15) is 14.7 Å². The zero-order valence-corrected chi connectivity index (χ0v) is 15.6. The van der Waals surface area contributed by atoms with Crippen LogP contribution in [0.5, 0.6) is 17.2 Å². The van der Waals surface area contributed by atoms with Crippen molar-refractivity contribution in [1.29, 1.82) is 0 Å². The Morgan fingerprint density at radius 3 is 2.59 bits per heavy atom. The van der Waals surface area contributed by atoms with E-state index in [0.717, 1.165) is 5.56 Å². The maximum atomic E-state index is 12.4. The Kier molecular flexibility index (Phi) is 5.66. The van der Waals surface area contributed by atoms with Crippen molar-refractivity contribution in [1.82, 2.24) is 0 Å². The quantitative estimate of drug-likeness (QED) is 0.792. The van der Waals surface area contributed by atoms with E-state index in [4.69, 9.17) is 9.47 Å². The summed E-state index contributed by atoms with van der Waals surface area (Å²) in [5, 5.41) is 12.1. The molecule has 0 spiro atoms. The Hall–Kier alpha value is -3.00. The third-order valence-corrected chi connectivity index (χ3v) is 5.11. The lowest BCUT2D eigenvalue weighted by Gasteiger charge is -2.13. The van der Waals surface area contributed by atoms with Crippen LogP contribution in [0.1, 0.15) is 12.0 Å². The van der Waals surface area contributed by atoms with Gasteiger partial charge in [-0.05, 0) is 36.4 Å². The maximum Gasteiger partial charge on any atom is 0.260 e. The molecule has 2 N–H and O–H groups in total. The van der Waals surface area contributed by atoms with Gasteiger partial charge in [-0.25, -0.2) is 4.99 Å². The zero-order chi connectivity index (χ0) is 19.4. The van der Waals surface area contributed by atoms with Crippen molar-refractivity contribution in [3.8, 4) is 17.2 Å². The second kappa shape index (κ2) is 8.13. The van der Waals surface area contributed by atoms with Crippen LogP contribution < -0.4 is 14.8 Å². The van der Waals surface area contributed by atoms with Crippen LogP contribution in [-0.2, 0) is 9.59 Å². The standard InChI is InChI=1S/C19H18N2O5S/c1-25-13-7-8-15(26-2)14(9-13)20-17(23)10-16-18(24)21-19(27-16)11-3-5-12(22)6-4-11/h3-9,16,22H,10H2,1-2H3,(H,20,23)/t16-/m1/s1. The van der Waals surface area contributed by atoms with Crippen LogP contribution in [-0.4, -0.2) is 41.4 Å². The van der Waals surface area contributed by atoms with Crippen molar-refractivity contribution in [3.63, 3.8) is 0 Å². The minimum absolute atomic E-state index is 0.0189. The first kappa shape index (κ1) is 18.8. The molecule has 0 saturated carbocycles. The van der Waals surface area contributed by atoms with Crippen molar-refractivity contribution >= 4 is 34.3 Å². The van der Waals surface area contributed by atoms with Crippen molar-refractivity contribution in [3.05, 3.63) is 48.0 Å². The first-order chi connectivity index (χ1) is 13.0. The molecule has 0 aromatic heterocycles. The number of nitrogens with one attached hydrogen (secondary N) is 1. The third kappa shape index (κ3) is 4.40. The van der Waals surface area contributed by atoms with Gasteiger partial charge in [0, 0.05) is 18.1 Å². The van der Waals surface area contributed by atoms with Crippen LogP contribution in [0.3, 0.4) is 0 Å². The van der Waals surface area contributed by atoms with E-state index in [2.05, 4.69) is 10.3 Å². The molecule has 1 heterocycles. The zero-order valence-electron chi connectivity index (χ0n) is 14.8. The van der Waals surface area contributed by atoms with Gasteiger partial charge in [0.2, 0.25) is 5.91 Å².